The molecule has 1 amide bonds. The van der Waals surface area contributed by atoms with Crippen molar-refractivity contribution in [3.8, 4) is 5.75 Å². The van der Waals surface area contributed by atoms with Gasteiger partial charge in [-0.25, -0.2) is 13.2 Å². The Morgan fingerprint density at radius 2 is 1.67 bits per heavy atom. The molecular formula is C22H11Br2NO5S3. The van der Waals surface area contributed by atoms with Gasteiger partial charge >= 0.3 is 5.97 Å². The molecule has 6 nitrogen and oxygen atoms in total. The number of halogens is 2. The van der Waals surface area contributed by atoms with Crippen LogP contribution in [0.3, 0.4) is 0 Å². The van der Waals surface area contributed by atoms with Crippen molar-refractivity contribution in [1.82, 2.24) is 0 Å². The van der Waals surface area contributed by atoms with Gasteiger partial charge in [-0.2, -0.15) is 4.31 Å². The van der Waals surface area contributed by atoms with Crippen molar-refractivity contribution in [3.05, 3.63) is 78.7 Å². The second-order valence-corrected chi connectivity index (χ2v) is 13.2. The van der Waals surface area contributed by atoms with Crippen LogP contribution in [0.4, 0.5) is 5.69 Å². The van der Waals surface area contributed by atoms with E-state index in [0.29, 0.717) is 9.17 Å². The highest BCUT2D eigenvalue weighted by Crippen LogP contribution is 2.52. The van der Waals surface area contributed by atoms with E-state index >= 15 is 0 Å². The number of amides is 1. The zero-order valence-corrected chi connectivity index (χ0v) is 21.9. The lowest BCUT2D eigenvalue weighted by Gasteiger charge is -2.15. The van der Waals surface area contributed by atoms with Gasteiger partial charge in [0.2, 0.25) is 0 Å². The van der Waals surface area contributed by atoms with E-state index in [9.17, 15) is 18.0 Å². The summed E-state index contributed by atoms with van der Waals surface area (Å²) in [6.07, 6.45) is 2.93. The first-order chi connectivity index (χ1) is 15.8. The first-order valence-corrected chi connectivity index (χ1v) is 14.0. The number of hydrogen-bond donors (Lipinski definition) is 0. The van der Waals surface area contributed by atoms with Crippen LogP contribution >= 0.6 is 54.5 Å². The van der Waals surface area contributed by atoms with Crippen molar-refractivity contribution in [2.45, 2.75) is 4.90 Å². The third kappa shape index (κ3) is 3.87. The summed E-state index contributed by atoms with van der Waals surface area (Å²) >= 11 is 9.33. The quantitative estimate of drug-likeness (QED) is 0.148. The number of carbonyl (C=O) groups is 2. The first-order valence-electron chi connectivity index (χ1n) is 9.32. The zero-order chi connectivity index (χ0) is 23.3. The first kappa shape index (κ1) is 22.5. The van der Waals surface area contributed by atoms with Crippen molar-refractivity contribution in [2.75, 3.05) is 4.31 Å². The van der Waals surface area contributed by atoms with Gasteiger partial charge in [0.05, 0.1) is 18.0 Å². The Labute approximate surface area is 213 Å². The number of anilines is 1. The number of sulfonamides is 1. The molecule has 1 aliphatic heterocycles. The van der Waals surface area contributed by atoms with Crippen molar-refractivity contribution in [1.29, 1.82) is 0 Å². The molecule has 0 atom stereocenters. The summed E-state index contributed by atoms with van der Waals surface area (Å²) in [6, 6.07) is 15.1. The zero-order valence-electron chi connectivity index (χ0n) is 16.3. The van der Waals surface area contributed by atoms with Crippen LogP contribution in [0.1, 0.15) is 15.2 Å². The maximum Gasteiger partial charge on any atom is 0.336 e. The minimum atomic E-state index is -4.09. The van der Waals surface area contributed by atoms with Gasteiger partial charge in [-0.1, -0.05) is 30.3 Å². The molecule has 166 valence electrons. The van der Waals surface area contributed by atoms with Crippen LogP contribution in [-0.2, 0) is 14.8 Å². The summed E-state index contributed by atoms with van der Waals surface area (Å²) in [7, 11) is -4.09. The molecule has 2 aromatic heterocycles. The lowest BCUT2D eigenvalue weighted by atomic mass is 10.2. The molecule has 0 saturated carbocycles. The summed E-state index contributed by atoms with van der Waals surface area (Å²) < 4.78 is 34.8. The fourth-order valence-electron chi connectivity index (χ4n) is 3.37. The smallest absolute Gasteiger partial charge is 0.336 e. The number of rotatable bonds is 4. The Kier molecular flexibility index (Phi) is 5.78. The Balaban J connectivity index is 1.39. The fraction of sp³-hybridized carbons (Fsp3) is 0. The molecule has 0 radical (unpaired) electrons. The highest BCUT2D eigenvalue weighted by atomic mass is 79.9. The average Bonchev–Trinajstić information content (AvgIpc) is 3.38. The average molecular weight is 625 g/mol. The second-order valence-electron chi connectivity index (χ2n) is 6.85. The van der Waals surface area contributed by atoms with Crippen molar-refractivity contribution < 1.29 is 22.7 Å². The Morgan fingerprint density at radius 3 is 2.36 bits per heavy atom. The predicted octanol–water partition coefficient (Wildman–Crippen LogP) is 6.46. The summed E-state index contributed by atoms with van der Waals surface area (Å²) in [5.41, 5.74) is 1.02. The molecule has 5 rings (SSSR count). The molecule has 0 N–H and O–H groups in total. The number of fused-ring (bicyclic) bond motifs is 3. The van der Waals surface area contributed by atoms with Crippen LogP contribution in [0.25, 0.3) is 16.2 Å². The monoisotopic (exact) mass is 623 g/mol. The number of thiophene rings is 2. The molecule has 0 fully saturated rings. The SMILES string of the molecule is O=C(C=Cc1ccccc1)Oc1ccc(N2C(=O)c3sc4c(Br)sc(Br)c4c3S2(=O)=O)cc1. The highest BCUT2D eigenvalue weighted by Gasteiger charge is 2.46. The van der Waals surface area contributed by atoms with E-state index in [2.05, 4.69) is 31.9 Å². The van der Waals surface area contributed by atoms with Crippen LogP contribution in [0.2, 0.25) is 0 Å². The van der Waals surface area contributed by atoms with Crippen LogP contribution in [0.15, 0.2) is 73.1 Å². The predicted molar refractivity (Wildman–Crippen MR) is 137 cm³/mol. The molecule has 11 heteroatoms. The minimum Gasteiger partial charge on any atom is -0.423 e. The van der Waals surface area contributed by atoms with E-state index in [4.69, 9.17) is 4.74 Å². The number of hydrogen-bond acceptors (Lipinski definition) is 7. The number of esters is 1. The molecule has 2 aromatic carbocycles. The van der Waals surface area contributed by atoms with Gasteiger partial charge in [-0.3, -0.25) is 4.79 Å². The summed E-state index contributed by atoms with van der Waals surface area (Å²) in [6.45, 7) is 0. The molecule has 0 bridgehead atoms. The van der Waals surface area contributed by atoms with Crippen molar-refractivity contribution in [2.24, 2.45) is 0 Å². The van der Waals surface area contributed by atoms with E-state index in [1.807, 2.05) is 30.3 Å². The summed E-state index contributed by atoms with van der Waals surface area (Å²) in [5, 5.41) is 0.512. The Bertz CT molecular complexity index is 1560. The van der Waals surface area contributed by atoms with Gasteiger partial charge < -0.3 is 4.74 Å². The minimum absolute atomic E-state index is 0.0166. The van der Waals surface area contributed by atoms with Gasteiger partial charge in [0.25, 0.3) is 15.9 Å². The van der Waals surface area contributed by atoms with E-state index in [1.165, 1.54) is 41.7 Å². The van der Waals surface area contributed by atoms with Crippen molar-refractivity contribution >= 4 is 98.3 Å². The maximum atomic E-state index is 13.3. The summed E-state index contributed by atoms with van der Waals surface area (Å²) in [4.78, 5) is 25.3. The number of carbonyl (C=O) groups excluding carboxylic acids is 2. The third-order valence-electron chi connectivity index (χ3n) is 4.80. The molecule has 0 spiro atoms. The van der Waals surface area contributed by atoms with Gasteiger partial charge in [-0.15, -0.1) is 22.7 Å². The molecule has 0 aliphatic carbocycles. The molecule has 3 heterocycles. The van der Waals surface area contributed by atoms with Crippen LogP contribution < -0.4 is 9.04 Å². The lowest BCUT2D eigenvalue weighted by molar-refractivity contribution is -0.128. The highest BCUT2D eigenvalue weighted by molar-refractivity contribution is 9.12. The standard InChI is InChI=1S/C22H11Br2NO5S3/c23-20-16-17(21(24)32-20)31-18-19(16)33(28,29)25(22(18)27)13-7-9-14(10-8-13)30-15(26)11-6-12-4-2-1-3-5-12/h1-11H. The Hall–Kier alpha value is -2.31. The van der Waals surface area contributed by atoms with E-state index in [1.54, 1.807) is 6.08 Å². The van der Waals surface area contributed by atoms with Crippen molar-refractivity contribution in [3.63, 3.8) is 0 Å². The van der Waals surface area contributed by atoms with Crippen LogP contribution in [0, 0.1) is 0 Å². The van der Waals surface area contributed by atoms with Crippen LogP contribution in [-0.4, -0.2) is 20.3 Å². The van der Waals surface area contributed by atoms with E-state index in [-0.39, 0.29) is 21.2 Å². The van der Waals surface area contributed by atoms with E-state index < -0.39 is 21.9 Å². The molecule has 1 aliphatic rings. The maximum absolute atomic E-state index is 13.3. The number of benzene rings is 2. The van der Waals surface area contributed by atoms with Gasteiger partial charge in [0.15, 0.2) is 0 Å². The third-order valence-corrected chi connectivity index (χ3v) is 10.8. The Morgan fingerprint density at radius 1 is 0.970 bits per heavy atom. The fourth-order valence-corrected chi connectivity index (χ4v) is 10.3. The van der Waals surface area contributed by atoms with E-state index in [0.717, 1.165) is 29.7 Å². The molecule has 0 unspecified atom stereocenters. The van der Waals surface area contributed by atoms with Gasteiger partial charge in [0.1, 0.15) is 15.5 Å². The van der Waals surface area contributed by atoms with Gasteiger partial charge in [-0.05, 0) is 67.8 Å². The normalized spacial score (nSPS) is 14.8. The number of nitrogens with zero attached hydrogens (tertiary/aromatic N) is 1. The summed E-state index contributed by atoms with van der Waals surface area (Å²) in [5.74, 6) is -0.952. The second kappa shape index (κ2) is 8.48. The van der Waals surface area contributed by atoms with Crippen LogP contribution in [0.5, 0.6) is 5.75 Å². The molecular weight excluding hydrogens is 614 g/mol. The largest absolute Gasteiger partial charge is 0.423 e. The molecule has 4 aromatic rings. The number of ether oxygens (including phenoxy) is 1. The molecule has 33 heavy (non-hydrogen) atoms. The molecule has 0 saturated heterocycles. The van der Waals surface area contributed by atoms with Gasteiger partial charge in [0, 0.05) is 11.5 Å². The lowest BCUT2D eigenvalue weighted by Crippen LogP contribution is -2.29. The topological polar surface area (TPSA) is 80.8 Å².